The number of aromatic amines is 1. The molecule has 208 valence electrons. The molecular formula is C22H39N9O5S. The number of hydrogen-bond acceptors (Lipinski definition) is 8. The highest BCUT2D eigenvalue weighted by molar-refractivity contribution is 7.98. The number of nitrogens with two attached hydrogens (primary N) is 3. The van der Waals surface area contributed by atoms with E-state index in [0.717, 1.165) is 0 Å². The van der Waals surface area contributed by atoms with Crippen LogP contribution < -0.4 is 33.2 Å². The summed E-state index contributed by atoms with van der Waals surface area (Å²) in [5.74, 6) is -2.77. The van der Waals surface area contributed by atoms with Gasteiger partial charge in [0.1, 0.15) is 18.1 Å². The number of aromatic nitrogens is 2. The molecule has 0 saturated carbocycles. The molecule has 0 aromatic carbocycles. The second kappa shape index (κ2) is 16.4. The van der Waals surface area contributed by atoms with Crippen LogP contribution in [0.5, 0.6) is 0 Å². The molecule has 4 unspecified atom stereocenters. The van der Waals surface area contributed by atoms with E-state index in [1.54, 1.807) is 13.8 Å². The van der Waals surface area contributed by atoms with Gasteiger partial charge in [-0.2, -0.15) is 11.8 Å². The molecule has 4 atom stereocenters. The summed E-state index contributed by atoms with van der Waals surface area (Å²) in [5.41, 5.74) is 17.2. The lowest BCUT2D eigenvalue weighted by atomic mass is 10.0. The summed E-state index contributed by atoms with van der Waals surface area (Å²) in [7, 11) is 0. The van der Waals surface area contributed by atoms with Crippen LogP contribution in [0.1, 0.15) is 38.8 Å². The molecule has 0 radical (unpaired) electrons. The predicted octanol–water partition coefficient (Wildman–Crippen LogP) is -1.72. The zero-order chi connectivity index (χ0) is 28.0. The molecule has 0 aliphatic carbocycles. The number of thioether (sulfide) groups is 1. The van der Waals surface area contributed by atoms with Crippen LogP contribution in [-0.4, -0.2) is 87.4 Å². The first kappa shape index (κ1) is 31.7. The normalized spacial score (nSPS) is 14.2. The highest BCUT2D eigenvalue weighted by atomic mass is 32.2. The molecule has 0 aliphatic heterocycles. The van der Waals surface area contributed by atoms with Gasteiger partial charge in [-0.25, -0.2) is 9.78 Å². The Kier molecular flexibility index (Phi) is 14.1. The molecule has 0 saturated heterocycles. The SMILES string of the molecule is CSCCC(NC(=O)C(CCCN=C(N)N)NC(=O)C(Cc1cnc[nH]1)NC(=O)C(N)C(C)C)C(=O)O. The molecule has 1 aromatic rings. The second-order valence-electron chi connectivity index (χ2n) is 8.80. The minimum absolute atomic E-state index is 0.0657. The van der Waals surface area contributed by atoms with Crippen molar-refractivity contribution in [3.63, 3.8) is 0 Å². The monoisotopic (exact) mass is 541 g/mol. The van der Waals surface area contributed by atoms with Crippen molar-refractivity contribution in [1.82, 2.24) is 25.9 Å². The van der Waals surface area contributed by atoms with Crippen LogP contribution in [0.25, 0.3) is 0 Å². The van der Waals surface area contributed by atoms with Crippen LogP contribution in [0.2, 0.25) is 0 Å². The van der Waals surface area contributed by atoms with Gasteiger partial charge < -0.3 is 43.2 Å². The standard InChI is InChI=1S/C22H39N9O5S/c1-12(2)17(23)20(34)31-16(9-13-10-26-11-28-13)19(33)29-14(5-4-7-27-22(24)25)18(32)30-15(21(35)36)6-8-37-3/h10-12,14-17H,4-9,23H2,1-3H3,(H,26,28)(H,29,33)(H,30,32)(H,31,34)(H,35,36)(H4,24,25,27). The number of H-pyrrole nitrogens is 1. The van der Waals surface area contributed by atoms with Gasteiger partial charge in [-0.15, -0.1) is 0 Å². The Bertz CT molecular complexity index is 906. The molecule has 11 N–H and O–H groups in total. The van der Waals surface area contributed by atoms with Gasteiger partial charge in [0.2, 0.25) is 17.7 Å². The third kappa shape index (κ3) is 12.0. The summed E-state index contributed by atoms with van der Waals surface area (Å²) in [6, 6.07) is -4.14. The largest absolute Gasteiger partial charge is 0.480 e. The van der Waals surface area contributed by atoms with E-state index in [4.69, 9.17) is 17.2 Å². The molecule has 1 aromatic heterocycles. The number of carbonyl (C=O) groups is 4. The maximum atomic E-state index is 13.3. The van der Waals surface area contributed by atoms with E-state index in [1.165, 1.54) is 24.3 Å². The first-order chi connectivity index (χ1) is 17.5. The van der Waals surface area contributed by atoms with Crippen LogP contribution in [0.3, 0.4) is 0 Å². The van der Waals surface area contributed by atoms with Gasteiger partial charge in [0, 0.05) is 24.9 Å². The fraction of sp³-hybridized carbons (Fsp3) is 0.636. The minimum atomic E-state index is -1.18. The summed E-state index contributed by atoms with van der Waals surface area (Å²) in [5, 5.41) is 17.3. The zero-order valence-electron chi connectivity index (χ0n) is 21.4. The van der Waals surface area contributed by atoms with Gasteiger partial charge in [0.15, 0.2) is 5.96 Å². The smallest absolute Gasteiger partial charge is 0.326 e. The van der Waals surface area contributed by atoms with E-state index in [0.29, 0.717) is 17.9 Å². The van der Waals surface area contributed by atoms with E-state index in [2.05, 4.69) is 30.9 Å². The third-order valence-electron chi connectivity index (χ3n) is 5.44. The Morgan fingerprint density at radius 2 is 1.68 bits per heavy atom. The Labute approximate surface area is 220 Å². The number of guanidine groups is 1. The number of aliphatic imine (C=N–C) groups is 1. The van der Waals surface area contributed by atoms with Gasteiger partial charge in [-0.1, -0.05) is 13.8 Å². The second-order valence-corrected chi connectivity index (χ2v) is 9.79. The summed E-state index contributed by atoms with van der Waals surface area (Å²) >= 11 is 1.45. The lowest BCUT2D eigenvalue weighted by Crippen LogP contribution is -2.58. The number of carbonyl (C=O) groups excluding carboxylic acids is 3. The van der Waals surface area contributed by atoms with Crippen LogP contribution in [0, 0.1) is 5.92 Å². The van der Waals surface area contributed by atoms with Crippen molar-refractivity contribution in [3.8, 4) is 0 Å². The van der Waals surface area contributed by atoms with Crippen LogP contribution in [-0.2, 0) is 25.6 Å². The van der Waals surface area contributed by atoms with Crippen molar-refractivity contribution in [2.75, 3.05) is 18.6 Å². The highest BCUT2D eigenvalue weighted by Gasteiger charge is 2.31. The van der Waals surface area contributed by atoms with Crippen molar-refractivity contribution in [1.29, 1.82) is 0 Å². The van der Waals surface area contributed by atoms with Crippen LogP contribution in [0.4, 0.5) is 0 Å². The first-order valence-corrected chi connectivity index (χ1v) is 13.3. The Hall–Kier alpha value is -3.33. The predicted molar refractivity (Wildman–Crippen MR) is 141 cm³/mol. The summed E-state index contributed by atoms with van der Waals surface area (Å²) in [4.78, 5) is 61.2. The minimum Gasteiger partial charge on any atom is -0.480 e. The third-order valence-corrected chi connectivity index (χ3v) is 6.08. The summed E-state index contributed by atoms with van der Waals surface area (Å²) in [6.07, 6.45) is 5.50. The van der Waals surface area contributed by atoms with Crippen LogP contribution >= 0.6 is 11.8 Å². The lowest BCUT2D eigenvalue weighted by molar-refractivity contribution is -0.142. The summed E-state index contributed by atoms with van der Waals surface area (Å²) < 4.78 is 0. The zero-order valence-corrected chi connectivity index (χ0v) is 22.2. The van der Waals surface area contributed by atoms with Gasteiger partial charge in [-0.05, 0) is 37.2 Å². The molecule has 1 heterocycles. The van der Waals surface area contributed by atoms with Gasteiger partial charge in [-0.3, -0.25) is 19.4 Å². The molecular weight excluding hydrogens is 502 g/mol. The average molecular weight is 542 g/mol. The van der Waals surface area contributed by atoms with Crippen LogP contribution in [0.15, 0.2) is 17.5 Å². The van der Waals surface area contributed by atoms with E-state index in [1.807, 2.05) is 6.26 Å². The van der Waals surface area contributed by atoms with E-state index < -0.39 is 47.9 Å². The van der Waals surface area contributed by atoms with Gasteiger partial charge >= 0.3 is 5.97 Å². The van der Waals surface area contributed by atoms with Crippen molar-refractivity contribution in [2.45, 2.75) is 63.7 Å². The quantitative estimate of drug-likeness (QED) is 0.0629. The van der Waals surface area contributed by atoms with E-state index in [9.17, 15) is 24.3 Å². The number of rotatable bonds is 17. The van der Waals surface area contributed by atoms with Crippen molar-refractivity contribution >= 4 is 41.4 Å². The molecule has 14 nitrogen and oxygen atoms in total. The maximum absolute atomic E-state index is 13.3. The number of nitrogens with one attached hydrogen (secondary N) is 4. The number of aliphatic carboxylic acids is 1. The topological polar surface area (TPSA) is 244 Å². The van der Waals surface area contributed by atoms with Crippen molar-refractivity contribution in [3.05, 3.63) is 18.2 Å². The van der Waals surface area contributed by atoms with E-state index >= 15 is 0 Å². The number of amides is 3. The molecule has 15 heteroatoms. The number of carboxylic acids is 1. The molecule has 0 bridgehead atoms. The highest BCUT2D eigenvalue weighted by Crippen LogP contribution is 2.07. The number of hydrogen-bond donors (Lipinski definition) is 8. The van der Waals surface area contributed by atoms with Crippen molar-refractivity contribution in [2.24, 2.45) is 28.1 Å². The Morgan fingerprint density at radius 1 is 1.05 bits per heavy atom. The van der Waals surface area contributed by atoms with Gasteiger partial charge in [0.05, 0.1) is 12.4 Å². The number of carboxylic acid groups (broad SMARTS) is 1. The number of nitrogens with zero attached hydrogens (tertiary/aromatic N) is 2. The molecule has 3 amide bonds. The summed E-state index contributed by atoms with van der Waals surface area (Å²) in [6.45, 7) is 3.76. The molecule has 0 fully saturated rings. The molecule has 37 heavy (non-hydrogen) atoms. The fourth-order valence-electron chi connectivity index (χ4n) is 3.21. The number of imidazole rings is 1. The maximum Gasteiger partial charge on any atom is 0.326 e. The Morgan fingerprint density at radius 3 is 2.22 bits per heavy atom. The van der Waals surface area contributed by atoms with Crippen molar-refractivity contribution < 1.29 is 24.3 Å². The molecule has 0 aliphatic rings. The fourth-order valence-corrected chi connectivity index (χ4v) is 3.68. The Balaban J connectivity index is 3.08. The molecule has 1 rings (SSSR count). The average Bonchev–Trinajstić information content (AvgIpc) is 3.35. The molecule has 0 spiro atoms. The lowest BCUT2D eigenvalue weighted by Gasteiger charge is -2.25. The van der Waals surface area contributed by atoms with E-state index in [-0.39, 0.29) is 37.7 Å². The van der Waals surface area contributed by atoms with Gasteiger partial charge in [0.25, 0.3) is 0 Å². The first-order valence-electron chi connectivity index (χ1n) is 11.9.